The highest BCUT2D eigenvalue weighted by atomic mass is 33.1. The second-order valence-corrected chi connectivity index (χ2v) is 0.957. The first-order valence-electron chi connectivity index (χ1n) is 2.32. The molecule has 0 aliphatic rings. The van der Waals surface area contributed by atoms with Gasteiger partial charge in [-0.1, -0.05) is 13.8 Å². The molecule has 1 nitrogen and oxygen atoms in total. The molecule has 0 saturated carbocycles. The summed E-state index contributed by atoms with van der Waals surface area (Å²) >= 11 is 6.44. The Bertz CT molecular complexity index is 17.2. The Morgan fingerprint density at radius 3 is 1.43 bits per heavy atom. The van der Waals surface area contributed by atoms with E-state index in [0.29, 0.717) is 0 Å². The van der Waals surface area contributed by atoms with Gasteiger partial charge in [0.15, 0.2) is 0 Å². The lowest BCUT2D eigenvalue weighted by Gasteiger charge is -1.86. The quantitative estimate of drug-likeness (QED) is 0.388. The summed E-state index contributed by atoms with van der Waals surface area (Å²) in [5, 5.41) is 3.11. The van der Waals surface area contributed by atoms with E-state index in [-0.39, 0.29) is 0 Å². The molecule has 0 atom stereocenters. The molecule has 0 aromatic rings. The lowest BCUT2D eigenvalue weighted by Crippen LogP contribution is -2.09. The van der Waals surface area contributed by atoms with Gasteiger partial charge in [0.1, 0.15) is 0 Å². The Balaban J connectivity index is 0. The largest absolute Gasteiger partial charge is 0.317 e. The molecule has 0 unspecified atom stereocenters. The average molecular weight is 139 g/mol. The van der Waals surface area contributed by atoms with Gasteiger partial charge in [-0.2, -0.15) is 0 Å². The zero-order valence-corrected chi connectivity index (χ0v) is 6.60. The molecule has 0 fully saturated rings. The monoisotopic (exact) mass is 139 g/mol. The SMILES string of the molecule is CCNCC.SS. The van der Waals surface area contributed by atoms with E-state index in [1.807, 2.05) is 0 Å². The van der Waals surface area contributed by atoms with E-state index in [2.05, 4.69) is 42.5 Å². The lowest BCUT2D eigenvalue weighted by molar-refractivity contribution is 0.762. The van der Waals surface area contributed by atoms with E-state index in [0.717, 1.165) is 13.1 Å². The molecule has 0 aromatic carbocycles. The number of hydrogen-bond donors (Lipinski definition) is 3. The summed E-state index contributed by atoms with van der Waals surface area (Å²) in [7, 11) is 0. The molecule has 0 rings (SSSR count). The van der Waals surface area contributed by atoms with Crippen LogP contribution in [0.4, 0.5) is 0 Å². The maximum absolute atomic E-state index is 3.22. The van der Waals surface area contributed by atoms with Crippen LogP contribution < -0.4 is 5.32 Å². The van der Waals surface area contributed by atoms with Crippen molar-refractivity contribution in [3.63, 3.8) is 0 Å². The smallest absolute Gasteiger partial charge is 0.00775 e. The van der Waals surface area contributed by atoms with Gasteiger partial charge in [-0.25, -0.2) is 0 Å². The second kappa shape index (κ2) is 15.9. The summed E-state index contributed by atoms with van der Waals surface area (Å²) in [5.74, 6) is 0. The molecule has 46 valence electrons. The molecular formula is C4H13NS2. The van der Waals surface area contributed by atoms with Gasteiger partial charge in [0.2, 0.25) is 0 Å². The highest BCUT2D eigenvalue weighted by molar-refractivity contribution is 8.59. The maximum atomic E-state index is 3.22. The number of rotatable bonds is 2. The summed E-state index contributed by atoms with van der Waals surface area (Å²) in [6, 6.07) is 0. The highest BCUT2D eigenvalue weighted by Crippen LogP contribution is 1.65. The summed E-state index contributed by atoms with van der Waals surface area (Å²) in [6.45, 7) is 6.39. The van der Waals surface area contributed by atoms with Gasteiger partial charge >= 0.3 is 0 Å². The van der Waals surface area contributed by atoms with Gasteiger partial charge < -0.3 is 5.32 Å². The van der Waals surface area contributed by atoms with Crippen molar-refractivity contribution in [3.8, 4) is 0 Å². The number of nitrogens with one attached hydrogen (secondary N) is 1. The van der Waals surface area contributed by atoms with Crippen molar-refractivity contribution in [1.29, 1.82) is 0 Å². The topological polar surface area (TPSA) is 12.0 Å². The minimum Gasteiger partial charge on any atom is -0.317 e. The van der Waals surface area contributed by atoms with Gasteiger partial charge in [-0.15, -0.1) is 23.3 Å². The molecule has 1 N–H and O–H groups in total. The Hall–Kier alpha value is 0.660. The van der Waals surface area contributed by atoms with Crippen molar-refractivity contribution < 1.29 is 0 Å². The molecule has 0 heterocycles. The van der Waals surface area contributed by atoms with Gasteiger partial charge in [0.05, 0.1) is 0 Å². The van der Waals surface area contributed by atoms with Crippen LogP contribution in [0.1, 0.15) is 13.8 Å². The molecule has 0 aliphatic carbocycles. The van der Waals surface area contributed by atoms with E-state index in [9.17, 15) is 0 Å². The molecule has 0 aliphatic heterocycles. The summed E-state index contributed by atoms with van der Waals surface area (Å²) < 4.78 is 0. The van der Waals surface area contributed by atoms with Crippen molar-refractivity contribution in [2.75, 3.05) is 13.1 Å². The first-order chi connectivity index (χ1) is 3.41. The van der Waals surface area contributed by atoms with E-state index in [4.69, 9.17) is 0 Å². The molecule has 0 bridgehead atoms. The van der Waals surface area contributed by atoms with Crippen molar-refractivity contribution >= 4 is 23.3 Å². The third kappa shape index (κ3) is 20.4. The van der Waals surface area contributed by atoms with Crippen molar-refractivity contribution in [3.05, 3.63) is 0 Å². The Morgan fingerprint density at radius 1 is 1.14 bits per heavy atom. The molecule has 0 aromatic heterocycles. The van der Waals surface area contributed by atoms with Crippen LogP contribution in [0.5, 0.6) is 0 Å². The molecule has 7 heavy (non-hydrogen) atoms. The fraction of sp³-hybridized carbons (Fsp3) is 1.00. The zero-order chi connectivity index (χ0) is 6.12. The van der Waals surface area contributed by atoms with Crippen molar-refractivity contribution in [2.45, 2.75) is 13.8 Å². The molecular weight excluding hydrogens is 126 g/mol. The van der Waals surface area contributed by atoms with Gasteiger partial charge in [0, 0.05) is 0 Å². The normalized spacial score (nSPS) is 6.86. The van der Waals surface area contributed by atoms with Crippen LogP contribution in [-0.4, -0.2) is 13.1 Å². The van der Waals surface area contributed by atoms with Gasteiger partial charge in [-0.3, -0.25) is 0 Å². The van der Waals surface area contributed by atoms with Gasteiger partial charge in [-0.05, 0) is 13.1 Å². The third-order valence-corrected chi connectivity index (χ3v) is 0.500. The van der Waals surface area contributed by atoms with Crippen LogP contribution in [0.15, 0.2) is 0 Å². The minimum atomic E-state index is 1.09. The molecule has 0 saturated heterocycles. The van der Waals surface area contributed by atoms with Gasteiger partial charge in [0.25, 0.3) is 0 Å². The van der Waals surface area contributed by atoms with Crippen LogP contribution in [-0.2, 0) is 0 Å². The van der Waals surface area contributed by atoms with Crippen LogP contribution >= 0.6 is 23.3 Å². The highest BCUT2D eigenvalue weighted by Gasteiger charge is 1.62. The Labute approximate surface area is 56.1 Å². The first kappa shape index (κ1) is 10.6. The molecule has 0 radical (unpaired) electrons. The lowest BCUT2D eigenvalue weighted by atomic mass is 10.7. The fourth-order valence-electron chi connectivity index (χ4n) is 0.250. The summed E-state index contributed by atoms with van der Waals surface area (Å²) in [5.41, 5.74) is 0. The van der Waals surface area contributed by atoms with E-state index >= 15 is 0 Å². The Morgan fingerprint density at radius 2 is 1.43 bits per heavy atom. The van der Waals surface area contributed by atoms with Crippen LogP contribution in [0.2, 0.25) is 0 Å². The zero-order valence-electron chi connectivity index (χ0n) is 4.81. The molecule has 3 heteroatoms. The summed E-state index contributed by atoms with van der Waals surface area (Å²) in [4.78, 5) is 0. The second-order valence-electron chi connectivity index (χ2n) is 0.957. The summed E-state index contributed by atoms with van der Waals surface area (Å²) in [6.07, 6.45) is 0. The fourth-order valence-corrected chi connectivity index (χ4v) is 0.250. The molecule has 0 amide bonds. The van der Waals surface area contributed by atoms with Crippen molar-refractivity contribution in [1.82, 2.24) is 5.32 Å². The van der Waals surface area contributed by atoms with Crippen LogP contribution in [0, 0.1) is 0 Å². The average Bonchev–Trinajstić information content (AvgIpc) is 1.75. The predicted molar refractivity (Wildman–Crippen MR) is 42.2 cm³/mol. The number of thiol groups is 2. The van der Waals surface area contributed by atoms with Crippen LogP contribution in [0.3, 0.4) is 0 Å². The Kier molecular flexibility index (Phi) is 24.1. The van der Waals surface area contributed by atoms with E-state index in [1.165, 1.54) is 0 Å². The maximum Gasteiger partial charge on any atom is -0.00775 e. The standard InChI is InChI=1S/C4H11N.H2S2/c1-3-5-4-2;1-2/h5H,3-4H2,1-2H3;1-2H. The van der Waals surface area contributed by atoms with Crippen molar-refractivity contribution in [2.24, 2.45) is 0 Å². The first-order valence-corrected chi connectivity index (χ1v) is 3.92. The third-order valence-electron chi connectivity index (χ3n) is 0.500. The molecule has 0 spiro atoms. The van der Waals surface area contributed by atoms with E-state index < -0.39 is 0 Å². The predicted octanol–water partition coefficient (Wildman–Crippen LogP) is 1.38. The van der Waals surface area contributed by atoms with E-state index in [1.54, 1.807) is 0 Å². The number of hydrogen-bond acceptors (Lipinski definition) is 3. The van der Waals surface area contributed by atoms with Crippen LogP contribution in [0.25, 0.3) is 0 Å². The minimum absolute atomic E-state index is 1.09.